The highest BCUT2D eigenvalue weighted by molar-refractivity contribution is 6.32. The van der Waals surface area contributed by atoms with Crippen LogP contribution >= 0.6 is 23.2 Å². The zero-order valence-electron chi connectivity index (χ0n) is 16.4. The van der Waals surface area contributed by atoms with Crippen LogP contribution in [0.25, 0.3) is 0 Å². The summed E-state index contributed by atoms with van der Waals surface area (Å²) in [6, 6.07) is 11.8. The number of hydrogen-bond acceptors (Lipinski definition) is 4. The molecule has 0 saturated carbocycles. The summed E-state index contributed by atoms with van der Waals surface area (Å²) < 4.78 is 11.0. The lowest BCUT2D eigenvalue weighted by molar-refractivity contribution is -0.133. The zero-order valence-corrected chi connectivity index (χ0v) is 17.9. The average molecular weight is 439 g/mol. The third kappa shape index (κ3) is 7.48. The van der Waals surface area contributed by atoms with Crippen LogP contribution in [0, 0.1) is 0 Å². The number of nitrogens with one attached hydrogen (secondary N) is 1. The Hall–Kier alpha value is -2.44. The first-order valence-electron chi connectivity index (χ1n) is 9.31. The van der Waals surface area contributed by atoms with Gasteiger partial charge in [-0.3, -0.25) is 9.59 Å². The third-order valence-corrected chi connectivity index (χ3v) is 4.61. The minimum absolute atomic E-state index is 0.0893. The van der Waals surface area contributed by atoms with Crippen LogP contribution in [0.2, 0.25) is 10.0 Å². The Balaban J connectivity index is 1.81. The van der Waals surface area contributed by atoms with Gasteiger partial charge in [0.1, 0.15) is 11.5 Å². The van der Waals surface area contributed by atoms with Crippen molar-refractivity contribution in [3.05, 3.63) is 52.5 Å². The lowest BCUT2D eigenvalue weighted by Gasteiger charge is -2.19. The third-order valence-electron chi connectivity index (χ3n) is 4.08. The van der Waals surface area contributed by atoms with Crippen molar-refractivity contribution in [3.63, 3.8) is 0 Å². The van der Waals surface area contributed by atoms with E-state index < -0.39 is 0 Å². The van der Waals surface area contributed by atoms with Gasteiger partial charge in [-0.1, -0.05) is 29.3 Å². The molecule has 0 bridgehead atoms. The first-order chi connectivity index (χ1) is 13.9. The Morgan fingerprint density at radius 1 is 1.03 bits per heavy atom. The van der Waals surface area contributed by atoms with E-state index in [4.69, 9.17) is 32.7 Å². The van der Waals surface area contributed by atoms with Gasteiger partial charge in [-0.05, 0) is 50.2 Å². The van der Waals surface area contributed by atoms with Crippen molar-refractivity contribution in [1.82, 2.24) is 4.90 Å². The number of rotatable bonds is 10. The van der Waals surface area contributed by atoms with Crippen LogP contribution in [0.1, 0.15) is 20.3 Å². The van der Waals surface area contributed by atoms with E-state index in [1.807, 2.05) is 13.8 Å². The molecule has 0 aromatic heterocycles. The van der Waals surface area contributed by atoms with Gasteiger partial charge in [0, 0.05) is 23.8 Å². The molecule has 29 heavy (non-hydrogen) atoms. The number of halogens is 2. The van der Waals surface area contributed by atoms with E-state index >= 15 is 0 Å². The molecule has 0 atom stereocenters. The Morgan fingerprint density at radius 2 is 1.79 bits per heavy atom. The van der Waals surface area contributed by atoms with E-state index in [1.54, 1.807) is 47.4 Å². The second kappa shape index (κ2) is 11.5. The standard InChI is InChI=1S/C21H24Cl2N2O4/c1-3-25(4-2)21(27)14-29-19-9-8-16(13-18(19)23)24-20(26)10-11-28-17-7-5-6-15(22)12-17/h5-9,12-13H,3-4,10-11,14H2,1-2H3,(H,24,26). The molecule has 0 radical (unpaired) electrons. The highest BCUT2D eigenvalue weighted by Crippen LogP contribution is 2.28. The number of amides is 2. The van der Waals surface area contributed by atoms with Crippen molar-refractivity contribution < 1.29 is 19.1 Å². The van der Waals surface area contributed by atoms with Crippen LogP contribution in [0.5, 0.6) is 11.5 Å². The van der Waals surface area contributed by atoms with E-state index in [9.17, 15) is 9.59 Å². The summed E-state index contributed by atoms with van der Waals surface area (Å²) in [7, 11) is 0. The maximum Gasteiger partial charge on any atom is 0.260 e. The summed E-state index contributed by atoms with van der Waals surface area (Å²) >= 11 is 12.1. The Labute approximate surface area is 180 Å². The molecule has 1 N–H and O–H groups in total. The van der Waals surface area contributed by atoms with Crippen molar-refractivity contribution in [2.75, 3.05) is 31.6 Å². The predicted octanol–water partition coefficient (Wildman–Crippen LogP) is 4.65. The SMILES string of the molecule is CCN(CC)C(=O)COc1ccc(NC(=O)CCOc2cccc(Cl)c2)cc1Cl. The van der Waals surface area contributed by atoms with E-state index in [2.05, 4.69) is 5.32 Å². The number of likely N-dealkylation sites (N-methyl/N-ethyl adjacent to an activating group) is 1. The van der Waals surface area contributed by atoms with Gasteiger partial charge in [0.25, 0.3) is 5.91 Å². The van der Waals surface area contributed by atoms with Crippen molar-refractivity contribution in [2.24, 2.45) is 0 Å². The maximum absolute atomic E-state index is 12.1. The van der Waals surface area contributed by atoms with Gasteiger partial charge in [-0.25, -0.2) is 0 Å². The molecule has 2 aromatic carbocycles. The molecule has 0 aliphatic carbocycles. The van der Waals surface area contributed by atoms with Crippen LogP contribution in [0.4, 0.5) is 5.69 Å². The van der Waals surface area contributed by atoms with Crippen LogP contribution in [-0.2, 0) is 9.59 Å². The topological polar surface area (TPSA) is 67.9 Å². The maximum atomic E-state index is 12.1. The van der Waals surface area contributed by atoms with Crippen LogP contribution in [-0.4, -0.2) is 43.0 Å². The van der Waals surface area contributed by atoms with E-state index in [0.29, 0.717) is 40.3 Å². The molecule has 6 nitrogen and oxygen atoms in total. The van der Waals surface area contributed by atoms with Gasteiger partial charge < -0.3 is 19.7 Å². The number of ether oxygens (including phenoxy) is 2. The number of nitrogens with zero attached hydrogens (tertiary/aromatic N) is 1. The fourth-order valence-corrected chi connectivity index (χ4v) is 2.96. The van der Waals surface area contributed by atoms with E-state index in [1.165, 1.54) is 0 Å². The molecule has 0 unspecified atom stereocenters. The van der Waals surface area contributed by atoms with Crippen molar-refractivity contribution >= 4 is 40.7 Å². The van der Waals surface area contributed by atoms with Gasteiger partial charge in [0.2, 0.25) is 5.91 Å². The van der Waals surface area contributed by atoms with Gasteiger partial charge in [0.15, 0.2) is 6.61 Å². The molecule has 0 aliphatic heterocycles. The largest absolute Gasteiger partial charge is 0.493 e. The van der Waals surface area contributed by atoms with Gasteiger partial charge >= 0.3 is 0 Å². The molecule has 2 rings (SSSR count). The Kier molecular flexibility index (Phi) is 9.09. The minimum Gasteiger partial charge on any atom is -0.493 e. The number of benzene rings is 2. The molecule has 0 heterocycles. The Bertz CT molecular complexity index is 841. The molecule has 0 aliphatic rings. The van der Waals surface area contributed by atoms with E-state index in [-0.39, 0.29) is 31.4 Å². The van der Waals surface area contributed by atoms with Gasteiger partial charge in [-0.15, -0.1) is 0 Å². The Morgan fingerprint density at radius 3 is 2.45 bits per heavy atom. The number of anilines is 1. The molecule has 0 saturated heterocycles. The van der Waals surface area contributed by atoms with Crippen LogP contribution in [0.3, 0.4) is 0 Å². The molecule has 0 spiro atoms. The lowest BCUT2D eigenvalue weighted by Crippen LogP contribution is -2.34. The lowest BCUT2D eigenvalue weighted by atomic mass is 10.3. The summed E-state index contributed by atoms with van der Waals surface area (Å²) in [4.78, 5) is 25.8. The number of carbonyl (C=O) groups excluding carboxylic acids is 2. The quantitative estimate of drug-likeness (QED) is 0.585. The molecule has 156 valence electrons. The smallest absolute Gasteiger partial charge is 0.260 e. The normalized spacial score (nSPS) is 10.3. The molecule has 0 fully saturated rings. The summed E-state index contributed by atoms with van der Waals surface area (Å²) in [5, 5.41) is 3.63. The average Bonchev–Trinajstić information content (AvgIpc) is 2.68. The molecule has 2 aromatic rings. The van der Waals surface area contributed by atoms with Crippen molar-refractivity contribution in [1.29, 1.82) is 0 Å². The van der Waals surface area contributed by atoms with Crippen molar-refractivity contribution in [3.8, 4) is 11.5 Å². The highest BCUT2D eigenvalue weighted by atomic mass is 35.5. The monoisotopic (exact) mass is 438 g/mol. The number of hydrogen-bond donors (Lipinski definition) is 1. The summed E-state index contributed by atoms with van der Waals surface area (Å²) in [5.74, 6) is 0.667. The molecule has 8 heteroatoms. The predicted molar refractivity (Wildman–Crippen MR) is 115 cm³/mol. The second-order valence-electron chi connectivity index (χ2n) is 6.10. The fourth-order valence-electron chi connectivity index (χ4n) is 2.54. The molecular formula is C21H24Cl2N2O4. The minimum atomic E-state index is -0.214. The van der Waals surface area contributed by atoms with Gasteiger partial charge in [-0.2, -0.15) is 0 Å². The molecule has 2 amide bonds. The highest BCUT2D eigenvalue weighted by Gasteiger charge is 2.12. The first kappa shape index (κ1) is 22.8. The van der Waals surface area contributed by atoms with Crippen LogP contribution in [0.15, 0.2) is 42.5 Å². The second-order valence-corrected chi connectivity index (χ2v) is 6.95. The number of carbonyl (C=O) groups is 2. The van der Waals surface area contributed by atoms with Crippen molar-refractivity contribution in [2.45, 2.75) is 20.3 Å². The van der Waals surface area contributed by atoms with Gasteiger partial charge in [0.05, 0.1) is 18.1 Å². The summed E-state index contributed by atoms with van der Waals surface area (Å²) in [6.45, 7) is 5.19. The van der Waals surface area contributed by atoms with Crippen LogP contribution < -0.4 is 14.8 Å². The van der Waals surface area contributed by atoms with E-state index in [0.717, 1.165) is 0 Å². The summed E-state index contributed by atoms with van der Waals surface area (Å²) in [6.07, 6.45) is 0.167. The zero-order chi connectivity index (χ0) is 21.2. The molecular weight excluding hydrogens is 415 g/mol. The summed E-state index contributed by atoms with van der Waals surface area (Å²) in [5.41, 5.74) is 0.533. The first-order valence-corrected chi connectivity index (χ1v) is 10.1. The fraction of sp³-hybridized carbons (Fsp3) is 0.333.